The molecule has 0 saturated carbocycles. The van der Waals surface area contributed by atoms with Gasteiger partial charge < -0.3 is 4.74 Å². The number of hydrogen-bond acceptors (Lipinski definition) is 5. The summed E-state index contributed by atoms with van der Waals surface area (Å²) in [6.45, 7) is 2.15. The van der Waals surface area contributed by atoms with E-state index >= 15 is 0 Å². The molecule has 0 amide bonds. The van der Waals surface area contributed by atoms with Crippen molar-refractivity contribution in [2.24, 2.45) is 10.1 Å². The number of benzene rings is 2. The Hall–Kier alpha value is -2.92. The van der Waals surface area contributed by atoms with Crippen molar-refractivity contribution in [2.45, 2.75) is 13.3 Å². The third kappa shape index (κ3) is 3.13. The lowest BCUT2D eigenvalue weighted by molar-refractivity contribution is 0.415. The van der Waals surface area contributed by atoms with Crippen LogP contribution in [0.25, 0.3) is 0 Å². The maximum atomic E-state index is 5.28. The number of nitrogens with zero attached hydrogens (tertiary/aromatic N) is 2. The smallest absolute Gasteiger partial charge is 0.164 e. The highest BCUT2D eigenvalue weighted by molar-refractivity contribution is 7.12. The quantitative estimate of drug-likeness (QED) is 0.729. The van der Waals surface area contributed by atoms with Crippen LogP contribution in [0.3, 0.4) is 0 Å². The van der Waals surface area contributed by atoms with Crippen LogP contribution in [0, 0.1) is 0 Å². The summed E-state index contributed by atoms with van der Waals surface area (Å²) >= 11 is 1.64. The molecule has 0 spiro atoms. The van der Waals surface area contributed by atoms with Crippen molar-refractivity contribution in [2.75, 3.05) is 7.11 Å². The van der Waals surface area contributed by atoms with Crippen LogP contribution in [-0.4, -0.2) is 18.7 Å². The number of hydrogen-bond donors (Lipinski definition) is 1. The van der Waals surface area contributed by atoms with E-state index in [1.54, 1.807) is 18.4 Å². The van der Waals surface area contributed by atoms with Crippen LogP contribution in [0.4, 0.5) is 5.69 Å². The van der Waals surface area contributed by atoms with Gasteiger partial charge in [0.25, 0.3) is 0 Å². The van der Waals surface area contributed by atoms with Crippen molar-refractivity contribution >= 4 is 28.6 Å². The molecule has 0 saturated heterocycles. The van der Waals surface area contributed by atoms with Crippen LogP contribution in [-0.2, 0) is 6.42 Å². The highest BCUT2D eigenvalue weighted by Crippen LogP contribution is 2.28. The molecule has 3 aromatic rings. The lowest BCUT2D eigenvalue weighted by Crippen LogP contribution is -2.18. The lowest BCUT2D eigenvalue weighted by Gasteiger charge is -2.10. The summed E-state index contributed by atoms with van der Waals surface area (Å²) in [6.07, 6.45) is 0.970. The molecule has 1 aliphatic heterocycles. The molecule has 1 aromatic heterocycles. The van der Waals surface area contributed by atoms with E-state index in [2.05, 4.69) is 30.5 Å². The van der Waals surface area contributed by atoms with Crippen molar-refractivity contribution in [1.29, 1.82) is 0 Å². The van der Waals surface area contributed by atoms with Gasteiger partial charge in [-0.25, -0.2) is 4.99 Å². The minimum absolute atomic E-state index is 0.772. The number of hydrazone groups is 1. The van der Waals surface area contributed by atoms with Gasteiger partial charge in [0.2, 0.25) is 0 Å². The number of rotatable bonds is 4. The SMILES string of the molecule is CCc1ccc2c(c1)C(c1ccc(OC)cc1)=NNC(c1cccs1)=N2. The van der Waals surface area contributed by atoms with Crippen molar-refractivity contribution in [1.82, 2.24) is 5.43 Å². The number of nitrogens with one attached hydrogen (secondary N) is 1. The van der Waals surface area contributed by atoms with E-state index in [9.17, 15) is 0 Å². The Labute approximate surface area is 156 Å². The van der Waals surface area contributed by atoms with Gasteiger partial charge in [0.15, 0.2) is 5.84 Å². The molecule has 0 atom stereocenters. The summed E-state index contributed by atoms with van der Waals surface area (Å²) in [5.41, 5.74) is 8.29. The molecule has 5 heteroatoms. The fraction of sp³-hybridized carbons (Fsp3) is 0.143. The third-order valence-electron chi connectivity index (χ3n) is 4.35. The molecular weight excluding hydrogens is 342 g/mol. The average molecular weight is 361 g/mol. The first-order valence-corrected chi connectivity index (χ1v) is 9.40. The average Bonchev–Trinajstić information content (AvgIpc) is 3.16. The summed E-state index contributed by atoms with van der Waals surface area (Å²) in [7, 11) is 1.67. The number of methoxy groups -OCH3 is 1. The largest absolute Gasteiger partial charge is 0.497 e. The van der Waals surface area contributed by atoms with Crippen LogP contribution >= 0.6 is 11.3 Å². The Balaban J connectivity index is 1.85. The summed E-state index contributed by atoms with van der Waals surface area (Å²) < 4.78 is 5.28. The fourth-order valence-electron chi connectivity index (χ4n) is 2.90. The summed E-state index contributed by atoms with van der Waals surface area (Å²) in [5, 5.41) is 6.75. The van der Waals surface area contributed by atoms with Gasteiger partial charge in [-0.2, -0.15) is 5.10 Å². The van der Waals surface area contributed by atoms with Gasteiger partial charge in [-0.1, -0.05) is 19.1 Å². The molecule has 0 unspecified atom stereocenters. The highest BCUT2D eigenvalue weighted by atomic mass is 32.1. The number of aryl methyl sites for hydroxylation is 1. The zero-order valence-electron chi connectivity index (χ0n) is 14.7. The van der Waals surface area contributed by atoms with Crippen LogP contribution in [0.15, 0.2) is 70.1 Å². The Morgan fingerprint density at radius 1 is 1.08 bits per heavy atom. The Kier molecular flexibility index (Phi) is 4.54. The molecule has 1 N–H and O–H groups in total. The van der Waals surface area contributed by atoms with E-state index in [0.717, 1.165) is 45.4 Å². The van der Waals surface area contributed by atoms with Crippen molar-refractivity contribution < 1.29 is 4.74 Å². The van der Waals surface area contributed by atoms with Crippen LogP contribution in [0.1, 0.15) is 28.5 Å². The van der Waals surface area contributed by atoms with E-state index in [1.807, 2.05) is 41.8 Å². The molecule has 2 aromatic carbocycles. The van der Waals surface area contributed by atoms with Gasteiger partial charge in [-0.3, -0.25) is 5.43 Å². The lowest BCUT2D eigenvalue weighted by atomic mass is 9.98. The van der Waals surface area contributed by atoms with E-state index in [0.29, 0.717) is 0 Å². The van der Waals surface area contributed by atoms with Crippen molar-refractivity contribution in [3.05, 3.63) is 81.5 Å². The zero-order valence-corrected chi connectivity index (χ0v) is 15.5. The summed E-state index contributed by atoms with van der Waals surface area (Å²) in [5.74, 6) is 1.60. The monoisotopic (exact) mass is 361 g/mol. The minimum atomic E-state index is 0.772. The van der Waals surface area contributed by atoms with E-state index in [1.165, 1.54) is 5.56 Å². The number of thiophene rings is 1. The van der Waals surface area contributed by atoms with Gasteiger partial charge >= 0.3 is 0 Å². The topological polar surface area (TPSA) is 46.0 Å². The van der Waals surface area contributed by atoms with Crippen LogP contribution < -0.4 is 10.2 Å². The second kappa shape index (κ2) is 7.14. The number of ether oxygens (including phenoxy) is 1. The van der Waals surface area contributed by atoms with Gasteiger partial charge in [0, 0.05) is 11.1 Å². The minimum Gasteiger partial charge on any atom is -0.497 e. The second-order valence-electron chi connectivity index (χ2n) is 5.94. The number of aliphatic imine (C=N–C) groups is 1. The maximum Gasteiger partial charge on any atom is 0.164 e. The van der Waals surface area contributed by atoms with Crippen molar-refractivity contribution in [3.8, 4) is 5.75 Å². The summed E-state index contributed by atoms with van der Waals surface area (Å²) in [6, 6.07) is 18.4. The van der Waals surface area contributed by atoms with E-state index in [4.69, 9.17) is 14.8 Å². The Morgan fingerprint density at radius 3 is 2.62 bits per heavy atom. The third-order valence-corrected chi connectivity index (χ3v) is 5.22. The van der Waals surface area contributed by atoms with Crippen molar-refractivity contribution in [3.63, 3.8) is 0 Å². The highest BCUT2D eigenvalue weighted by Gasteiger charge is 2.18. The first kappa shape index (κ1) is 16.5. The van der Waals surface area contributed by atoms with Gasteiger partial charge in [-0.15, -0.1) is 11.3 Å². The van der Waals surface area contributed by atoms with Crippen LogP contribution in [0.2, 0.25) is 0 Å². The molecule has 4 nitrogen and oxygen atoms in total. The predicted molar refractivity (Wildman–Crippen MR) is 108 cm³/mol. The molecule has 26 heavy (non-hydrogen) atoms. The van der Waals surface area contributed by atoms with E-state index < -0.39 is 0 Å². The molecule has 1 aliphatic rings. The predicted octanol–water partition coefficient (Wildman–Crippen LogP) is 4.75. The zero-order chi connectivity index (χ0) is 17.9. The van der Waals surface area contributed by atoms with Gasteiger partial charge in [-0.05, 0) is 59.8 Å². The van der Waals surface area contributed by atoms with E-state index in [-0.39, 0.29) is 0 Å². The molecule has 0 fully saturated rings. The first-order chi connectivity index (χ1) is 12.8. The molecule has 4 rings (SSSR count). The molecule has 0 bridgehead atoms. The standard InChI is InChI=1S/C21H19N3OS/c1-3-14-6-11-18-17(13-14)20(15-7-9-16(25-2)10-8-15)23-24-21(22-18)19-5-4-12-26-19/h4-13H,3H2,1-2H3,(H,22,24). The molecule has 0 aliphatic carbocycles. The van der Waals surface area contributed by atoms with Crippen LogP contribution in [0.5, 0.6) is 5.75 Å². The molecule has 0 radical (unpaired) electrons. The number of fused-ring (bicyclic) bond motifs is 1. The fourth-order valence-corrected chi connectivity index (χ4v) is 3.56. The maximum absolute atomic E-state index is 5.28. The number of amidine groups is 1. The van der Waals surface area contributed by atoms with Gasteiger partial charge in [0.1, 0.15) is 5.75 Å². The normalized spacial score (nSPS) is 13.2. The summed E-state index contributed by atoms with van der Waals surface area (Å²) in [4.78, 5) is 5.91. The molecule has 2 heterocycles. The first-order valence-electron chi connectivity index (χ1n) is 8.52. The second-order valence-corrected chi connectivity index (χ2v) is 6.89. The molecular formula is C21H19N3OS. The Morgan fingerprint density at radius 2 is 1.92 bits per heavy atom. The molecule has 130 valence electrons. The van der Waals surface area contributed by atoms with Gasteiger partial charge in [0.05, 0.1) is 23.4 Å². The Bertz CT molecular complexity index is 973.